The second-order valence-corrected chi connectivity index (χ2v) is 9.81. The number of halogens is 3. The third kappa shape index (κ3) is 11.8. The number of hydrogen-bond acceptors (Lipinski definition) is 14. The number of rotatable bonds is 22. The van der Waals surface area contributed by atoms with Gasteiger partial charge in [-0.15, -0.1) is 0 Å². The second kappa shape index (κ2) is 19.0. The van der Waals surface area contributed by atoms with Crippen LogP contribution < -0.4 is 10.6 Å². The zero-order chi connectivity index (χ0) is 32.7. The highest BCUT2D eigenvalue weighted by molar-refractivity contribution is 5.82. The molecule has 3 heterocycles. The van der Waals surface area contributed by atoms with Crippen LogP contribution in [0.3, 0.4) is 0 Å². The third-order valence-corrected chi connectivity index (χ3v) is 6.45. The average Bonchev–Trinajstić information content (AvgIpc) is 3.56. The molecular formula is C26H41F3N6O10. The van der Waals surface area contributed by atoms with Gasteiger partial charge in [-0.25, -0.2) is 15.0 Å². The first-order valence-electron chi connectivity index (χ1n) is 14.5. The first-order valence-corrected chi connectivity index (χ1v) is 14.5. The van der Waals surface area contributed by atoms with Crippen molar-refractivity contribution in [3.8, 4) is 0 Å². The van der Waals surface area contributed by atoms with Crippen LogP contribution in [0, 0.1) is 0 Å². The number of nitrogens with zero attached hydrogens (tertiary/aromatic N) is 4. The molecule has 0 aliphatic carbocycles. The predicted octanol–water partition coefficient (Wildman–Crippen LogP) is -0.263. The van der Waals surface area contributed by atoms with Gasteiger partial charge in [-0.2, -0.15) is 13.2 Å². The maximum atomic E-state index is 12.1. The molecule has 1 saturated heterocycles. The first kappa shape index (κ1) is 36.7. The summed E-state index contributed by atoms with van der Waals surface area (Å²) in [6.45, 7) is 4.35. The van der Waals surface area contributed by atoms with Gasteiger partial charge in [0.1, 0.15) is 24.6 Å². The van der Waals surface area contributed by atoms with Crippen LogP contribution in [0.4, 0.5) is 19.0 Å². The number of aromatic nitrogens is 4. The van der Waals surface area contributed by atoms with Crippen LogP contribution in [0.1, 0.15) is 26.0 Å². The van der Waals surface area contributed by atoms with Gasteiger partial charge in [0.15, 0.2) is 29.5 Å². The summed E-state index contributed by atoms with van der Waals surface area (Å²) in [5.74, 6) is -1.48. The fourth-order valence-electron chi connectivity index (χ4n) is 4.14. The molecule has 1 aliphatic heterocycles. The Morgan fingerprint density at radius 2 is 1.60 bits per heavy atom. The van der Waals surface area contributed by atoms with E-state index in [0.29, 0.717) is 69.6 Å². The predicted molar refractivity (Wildman–Crippen MR) is 149 cm³/mol. The molecule has 16 nitrogen and oxygen atoms in total. The number of aliphatic hydroxyl groups excluding tert-OH is 3. The Kier molecular flexibility index (Phi) is 15.5. The Balaban J connectivity index is 1.14. The number of imidazole rings is 1. The Morgan fingerprint density at radius 1 is 0.956 bits per heavy atom. The Hall–Kier alpha value is -2.75. The van der Waals surface area contributed by atoms with Crippen LogP contribution in [0.25, 0.3) is 11.2 Å². The minimum atomic E-state index is -4.89. The summed E-state index contributed by atoms with van der Waals surface area (Å²) in [7, 11) is 0. The van der Waals surface area contributed by atoms with E-state index >= 15 is 0 Å². The fourth-order valence-corrected chi connectivity index (χ4v) is 4.14. The van der Waals surface area contributed by atoms with Crippen molar-refractivity contribution in [2.75, 3.05) is 77.9 Å². The molecule has 3 rings (SSSR count). The highest BCUT2D eigenvalue weighted by Gasteiger charge is 2.44. The van der Waals surface area contributed by atoms with Crippen molar-refractivity contribution < 1.29 is 61.7 Å². The quantitative estimate of drug-likeness (QED) is 0.0821. The van der Waals surface area contributed by atoms with Crippen LogP contribution >= 0.6 is 0 Å². The van der Waals surface area contributed by atoms with Crippen molar-refractivity contribution in [2.45, 2.75) is 56.8 Å². The van der Waals surface area contributed by atoms with Gasteiger partial charge in [-0.05, 0) is 19.8 Å². The van der Waals surface area contributed by atoms with Crippen LogP contribution in [-0.2, 0) is 33.2 Å². The first-order chi connectivity index (χ1) is 21.6. The van der Waals surface area contributed by atoms with Crippen LogP contribution in [0.2, 0.25) is 0 Å². The van der Waals surface area contributed by atoms with Crippen molar-refractivity contribution in [1.82, 2.24) is 24.8 Å². The van der Waals surface area contributed by atoms with Gasteiger partial charge in [0.2, 0.25) is 0 Å². The molecule has 0 bridgehead atoms. The maximum Gasteiger partial charge on any atom is 0.471 e. The molecule has 2 aromatic rings. The summed E-state index contributed by atoms with van der Waals surface area (Å²) in [4.78, 5) is 23.5. The molecule has 0 aromatic carbocycles. The monoisotopic (exact) mass is 654 g/mol. The van der Waals surface area contributed by atoms with E-state index in [1.54, 1.807) is 12.2 Å². The van der Waals surface area contributed by atoms with Gasteiger partial charge in [0.25, 0.3) is 0 Å². The fraction of sp³-hybridized carbons (Fsp3) is 0.769. The van der Waals surface area contributed by atoms with Crippen molar-refractivity contribution >= 4 is 22.9 Å². The van der Waals surface area contributed by atoms with Gasteiger partial charge in [0.05, 0.1) is 59.2 Å². The Bertz CT molecular complexity index is 1150. The Morgan fingerprint density at radius 3 is 2.27 bits per heavy atom. The van der Waals surface area contributed by atoms with E-state index in [1.807, 2.05) is 0 Å². The molecule has 1 amide bonds. The molecule has 19 heteroatoms. The number of aliphatic hydroxyl groups is 3. The summed E-state index contributed by atoms with van der Waals surface area (Å²) >= 11 is 0. The van der Waals surface area contributed by atoms with Gasteiger partial charge in [0, 0.05) is 19.7 Å². The molecule has 1 aliphatic rings. The molecule has 0 radical (unpaired) electrons. The summed E-state index contributed by atoms with van der Waals surface area (Å²) in [6.07, 6.45) is -6.11. The topological polar surface area (TPSA) is 201 Å². The molecular weight excluding hydrogens is 613 g/mol. The van der Waals surface area contributed by atoms with Gasteiger partial charge in [-0.1, -0.05) is 0 Å². The number of hydrogen-bond donors (Lipinski definition) is 5. The lowest BCUT2D eigenvalue weighted by atomic mass is 10.1. The number of carbonyl (C=O) groups is 1. The smallest absolute Gasteiger partial charge is 0.394 e. The average molecular weight is 655 g/mol. The van der Waals surface area contributed by atoms with Gasteiger partial charge >= 0.3 is 12.1 Å². The van der Waals surface area contributed by atoms with Gasteiger partial charge in [-0.3, -0.25) is 9.36 Å². The molecule has 1 fully saturated rings. The number of fused-ring (bicyclic) bond motifs is 1. The van der Waals surface area contributed by atoms with Crippen molar-refractivity contribution in [2.24, 2.45) is 0 Å². The molecule has 256 valence electrons. The van der Waals surface area contributed by atoms with E-state index in [9.17, 15) is 33.3 Å². The highest BCUT2D eigenvalue weighted by atomic mass is 19.4. The van der Waals surface area contributed by atoms with Crippen molar-refractivity contribution in [3.05, 3.63) is 12.7 Å². The minimum Gasteiger partial charge on any atom is -0.394 e. The zero-order valence-electron chi connectivity index (χ0n) is 24.9. The van der Waals surface area contributed by atoms with E-state index in [-0.39, 0.29) is 26.2 Å². The largest absolute Gasteiger partial charge is 0.471 e. The van der Waals surface area contributed by atoms with E-state index in [1.165, 1.54) is 17.2 Å². The lowest BCUT2D eigenvalue weighted by Gasteiger charge is -2.16. The van der Waals surface area contributed by atoms with Crippen LogP contribution in [0.15, 0.2) is 12.7 Å². The highest BCUT2D eigenvalue weighted by Crippen LogP contribution is 2.32. The summed E-state index contributed by atoms with van der Waals surface area (Å²) in [5, 5.41) is 34.6. The standard InChI is InChI=1S/C26H41F3N6O10/c1-17(43-7-3-5-31-25(39)26(27,28)29)44-13-12-42-11-10-41-9-8-40-6-2-4-30-22-19-23(33-15-32-22)35(16-34-19)24-21(38)20(37)18(14-36)45-24/h15-18,20-21,24,36-38H,2-14H2,1H3,(H,31,39)(H,30,32,33)/t17?,18-,20-,21-,24-/m1/s1. The van der Waals surface area contributed by atoms with Crippen molar-refractivity contribution in [1.29, 1.82) is 0 Å². The number of alkyl halides is 3. The van der Waals surface area contributed by atoms with E-state index < -0.39 is 49.5 Å². The SMILES string of the molecule is CC(OCCCNC(=O)C(F)(F)F)OCCOCCOCCOCCCNc1ncnc2c1ncn2[C@@H]1O[C@H](CO)[C@@H](O)[C@H]1O. The number of ether oxygens (including phenoxy) is 6. The second-order valence-electron chi connectivity index (χ2n) is 9.81. The lowest BCUT2D eigenvalue weighted by molar-refractivity contribution is -0.173. The van der Waals surface area contributed by atoms with Gasteiger partial charge < -0.3 is 54.4 Å². The lowest BCUT2D eigenvalue weighted by Crippen LogP contribution is -2.37. The number of nitrogens with one attached hydrogen (secondary N) is 2. The van der Waals surface area contributed by atoms with E-state index in [0.717, 1.165) is 0 Å². The number of amides is 1. The normalized spacial score (nSPS) is 21.0. The van der Waals surface area contributed by atoms with Crippen LogP contribution in [0.5, 0.6) is 0 Å². The molecule has 2 aromatic heterocycles. The molecule has 5 atom stereocenters. The van der Waals surface area contributed by atoms with Crippen molar-refractivity contribution in [3.63, 3.8) is 0 Å². The number of carbonyl (C=O) groups excluding carboxylic acids is 1. The molecule has 45 heavy (non-hydrogen) atoms. The molecule has 0 spiro atoms. The summed E-state index contributed by atoms with van der Waals surface area (Å²) in [6, 6.07) is 0. The zero-order valence-corrected chi connectivity index (χ0v) is 24.9. The van der Waals surface area contributed by atoms with E-state index in [4.69, 9.17) is 28.4 Å². The number of anilines is 1. The van der Waals surface area contributed by atoms with Crippen LogP contribution in [-0.4, -0.2) is 144 Å². The minimum absolute atomic E-state index is 0.133. The molecule has 5 N–H and O–H groups in total. The molecule has 1 unspecified atom stereocenters. The third-order valence-electron chi connectivity index (χ3n) is 6.45. The Labute approximate surface area is 257 Å². The maximum absolute atomic E-state index is 12.1. The molecule has 0 saturated carbocycles. The summed E-state index contributed by atoms with van der Waals surface area (Å²) < 4.78 is 70.4. The van der Waals surface area contributed by atoms with E-state index in [2.05, 4.69) is 20.3 Å². The summed E-state index contributed by atoms with van der Waals surface area (Å²) in [5.41, 5.74) is 0.873.